The molecule has 0 atom stereocenters. The van der Waals surface area contributed by atoms with Crippen LogP contribution in [0.4, 0.5) is 0 Å². The summed E-state index contributed by atoms with van der Waals surface area (Å²) in [5, 5.41) is 3.19. The molecule has 0 aromatic rings. The first-order valence-electron chi connectivity index (χ1n) is 5.95. The van der Waals surface area contributed by atoms with E-state index in [0.717, 1.165) is 19.5 Å². The normalized spacial score (nSPS) is 13.0. The van der Waals surface area contributed by atoms with Crippen LogP contribution < -0.4 is 10.0 Å². The highest BCUT2D eigenvalue weighted by molar-refractivity contribution is 7.89. The highest BCUT2D eigenvalue weighted by Gasteiger charge is 2.15. The first-order valence-corrected chi connectivity index (χ1v) is 7.60. The average molecular weight is 250 g/mol. The molecule has 0 heterocycles. The van der Waals surface area contributed by atoms with Gasteiger partial charge in [-0.25, -0.2) is 13.1 Å². The molecule has 0 saturated heterocycles. The summed E-state index contributed by atoms with van der Waals surface area (Å²) in [5.74, 6) is 0.208. The predicted octanol–water partition coefficient (Wildman–Crippen LogP) is 1.34. The van der Waals surface area contributed by atoms with Gasteiger partial charge < -0.3 is 5.32 Å². The van der Waals surface area contributed by atoms with Crippen LogP contribution in [0.15, 0.2) is 0 Å². The van der Waals surface area contributed by atoms with E-state index < -0.39 is 10.0 Å². The topological polar surface area (TPSA) is 58.2 Å². The minimum Gasteiger partial charge on any atom is -0.317 e. The fourth-order valence-electron chi connectivity index (χ4n) is 1.09. The Morgan fingerprint density at radius 3 is 2.25 bits per heavy atom. The van der Waals surface area contributed by atoms with E-state index >= 15 is 0 Å². The van der Waals surface area contributed by atoms with Crippen LogP contribution in [-0.4, -0.2) is 33.8 Å². The largest absolute Gasteiger partial charge is 0.317 e. The van der Waals surface area contributed by atoms with E-state index in [9.17, 15) is 8.42 Å². The van der Waals surface area contributed by atoms with E-state index in [4.69, 9.17) is 0 Å². The molecule has 0 amide bonds. The van der Waals surface area contributed by atoms with Crippen LogP contribution in [0, 0.1) is 5.41 Å². The molecule has 0 unspecified atom stereocenters. The number of nitrogens with one attached hydrogen (secondary N) is 2. The van der Waals surface area contributed by atoms with Gasteiger partial charge in [-0.3, -0.25) is 0 Å². The highest BCUT2D eigenvalue weighted by Crippen LogP contribution is 2.10. The molecule has 0 spiro atoms. The van der Waals surface area contributed by atoms with Gasteiger partial charge in [0.25, 0.3) is 0 Å². The van der Waals surface area contributed by atoms with Crippen molar-refractivity contribution in [2.75, 3.05) is 25.4 Å². The van der Waals surface area contributed by atoms with Crippen molar-refractivity contribution in [1.29, 1.82) is 0 Å². The number of rotatable bonds is 8. The standard InChI is InChI=1S/C11H26N2O2S/c1-5-7-12-8-6-9-16(14,15)13-10-11(2,3)4/h12-13H,5-10H2,1-4H3. The van der Waals surface area contributed by atoms with Gasteiger partial charge in [-0.2, -0.15) is 0 Å². The smallest absolute Gasteiger partial charge is 0.211 e. The lowest BCUT2D eigenvalue weighted by molar-refractivity contribution is 0.407. The maximum absolute atomic E-state index is 11.6. The molecule has 0 rings (SSSR count). The summed E-state index contributed by atoms with van der Waals surface area (Å²) >= 11 is 0. The van der Waals surface area contributed by atoms with E-state index in [1.54, 1.807) is 0 Å². The molecule has 0 aromatic heterocycles. The highest BCUT2D eigenvalue weighted by atomic mass is 32.2. The number of hydrogen-bond acceptors (Lipinski definition) is 3. The summed E-state index contributed by atoms with van der Waals surface area (Å²) in [4.78, 5) is 0. The molecule has 0 radical (unpaired) electrons. The van der Waals surface area contributed by atoms with Crippen molar-refractivity contribution in [3.8, 4) is 0 Å². The summed E-state index contributed by atoms with van der Waals surface area (Å²) < 4.78 is 25.8. The zero-order valence-corrected chi connectivity index (χ0v) is 11.8. The Hall–Kier alpha value is -0.130. The van der Waals surface area contributed by atoms with Crippen LogP contribution >= 0.6 is 0 Å². The Morgan fingerprint density at radius 2 is 1.75 bits per heavy atom. The summed E-state index contributed by atoms with van der Waals surface area (Å²) in [5.41, 5.74) is -0.00642. The maximum Gasteiger partial charge on any atom is 0.211 e. The Bertz CT molecular complexity index is 268. The third-order valence-electron chi connectivity index (χ3n) is 2.02. The third-order valence-corrected chi connectivity index (χ3v) is 3.43. The van der Waals surface area contributed by atoms with Crippen molar-refractivity contribution in [2.45, 2.75) is 40.5 Å². The van der Waals surface area contributed by atoms with Gasteiger partial charge in [-0.1, -0.05) is 27.7 Å². The molecule has 0 aliphatic carbocycles. The van der Waals surface area contributed by atoms with Crippen molar-refractivity contribution in [2.24, 2.45) is 5.41 Å². The molecule has 98 valence electrons. The van der Waals surface area contributed by atoms with Crippen LogP contribution in [0.3, 0.4) is 0 Å². The van der Waals surface area contributed by atoms with Gasteiger partial charge in [0.05, 0.1) is 5.75 Å². The van der Waals surface area contributed by atoms with Gasteiger partial charge in [0.1, 0.15) is 0 Å². The number of hydrogen-bond donors (Lipinski definition) is 2. The molecule has 16 heavy (non-hydrogen) atoms. The molecule has 0 aliphatic rings. The molecule has 0 fully saturated rings. The second kappa shape index (κ2) is 7.25. The minimum absolute atomic E-state index is 0.00642. The Labute approximate surface area is 100 Å². The minimum atomic E-state index is -3.09. The quantitative estimate of drug-likeness (QED) is 0.639. The van der Waals surface area contributed by atoms with Gasteiger partial charge in [0.15, 0.2) is 0 Å². The lowest BCUT2D eigenvalue weighted by Crippen LogP contribution is -2.34. The first-order chi connectivity index (χ1) is 7.27. The fourth-order valence-corrected chi connectivity index (χ4v) is 2.41. The van der Waals surface area contributed by atoms with Crippen LogP contribution in [0.25, 0.3) is 0 Å². The second-order valence-corrected chi connectivity index (χ2v) is 7.23. The zero-order chi connectivity index (χ0) is 12.7. The Kier molecular flexibility index (Phi) is 7.19. The van der Waals surface area contributed by atoms with E-state index in [0.29, 0.717) is 13.0 Å². The van der Waals surface area contributed by atoms with E-state index in [-0.39, 0.29) is 11.2 Å². The lowest BCUT2D eigenvalue weighted by Gasteiger charge is -2.18. The Morgan fingerprint density at radius 1 is 1.12 bits per heavy atom. The molecule has 0 aromatic carbocycles. The zero-order valence-electron chi connectivity index (χ0n) is 11.0. The molecular weight excluding hydrogens is 224 g/mol. The van der Waals surface area contributed by atoms with Crippen molar-refractivity contribution in [1.82, 2.24) is 10.0 Å². The van der Waals surface area contributed by atoms with Gasteiger partial charge in [-0.05, 0) is 31.3 Å². The van der Waals surface area contributed by atoms with Crippen LogP contribution in [0.2, 0.25) is 0 Å². The van der Waals surface area contributed by atoms with Crippen molar-refractivity contribution >= 4 is 10.0 Å². The summed E-state index contributed by atoms with van der Waals surface area (Å²) in [7, 11) is -3.09. The summed E-state index contributed by atoms with van der Waals surface area (Å²) in [6, 6.07) is 0. The van der Waals surface area contributed by atoms with Gasteiger partial charge in [0.2, 0.25) is 10.0 Å². The average Bonchev–Trinajstić information content (AvgIpc) is 2.14. The summed E-state index contributed by atoms with van der Waals surface area (Å²) in [6.45, 7) is 10.3. The van der Waals surface area contributed by atoms with Crippen LogP contribution in [0.5, 0.6) is 0 Å². The van der Waals surface area contributed by atoms with Crippen LogP contribution in [0.1, 0.15) is 40.5 Å². The fraction of sp³-hybridized carbons (Fsp3) is 1.00. The molecule has 0 saturated carbocycles. The maximum atomic E-state index is 11.6. The molecule has 5 heteroatoms. The summed E-state index contributed by atoms with van der Waals surface area (Å²) in [6.07, 6.45) is 1.74. The van der Waals surface area contributed by atoms with Gasteiger partial charge in [0, 0.05) is 6.54 Å². The van der Waals surface area contributed by atoms with Crippen molar-refractivity contribution < 1.29 is 8.42 Å². The van der Waals surface area contributed by atoms with Gasteiger partial charge >= 0.3 is 0 Å². The molecule has 4 nitrogen and oxygen atoms in total. The van der Waals surface area contributed by atoms with E-state index in [1.165, 1.54) is 0 Å². The SMILES string of the molecule is CCCNCCCS(=O)(=O)NCC(C)(C)C. The lowest BCUT2D eigenvalue weighted by atomic mass is 9.98. The van der Waals surface area contributed by atoms with Crippen molar-refractivity contribution in [3.05, 3.63) is 0 Å². The molecule has 0 bridgehead atoms. The van der Waals surface area contributed by atoms with Gasteiger partial charge in [-0.15, -0.1) is 0 Å². The second-order valence-electron chi connectivity index (χ2n) is 5.30. The number of sulfonamides is 1. The van der Waals surface area contributed by atoms with E-state index in [1.807, 2.05) is 20.8 Å². The Balaban J connectivity index is 3.71. The predicted molar refractivity (Wildman–Crippen MR) is 69.0 cm³/mol. The third kappa shape index (κ3) is 10.4. The van der Waals surface area contributed by atoms with E-state index in [2.05, 4.69) is 17.0 Å². The first kappa shape index (κ1) is 15.9. The van der Waals surface area contributed by atoms with Crippen molar-refractivity contribution in [3.63, 3.8) is 0 Å². The molecule has 2 N–H and O–H groups in total. The van der Waals surface area contributed by atoms with Crippen LogP contribution in [-0.2, 0) is 10.0 Å². The molecular formula is C11H26N2O2S. The monoisotopic (exact) mass is 250 g/mol. The molecule has 0 aliphatic heterocycles.